The third kappa shape index (κ3) is 4.78. The Morgan fingerprint density at radius 2 is 2.17 bits per heavy atom. The Hall–Kier alpha value is -1.40. The summed E-state index contributed by atoms with van der Waals surface area (Å²) in [5.74, 6) is -0.975. The molecule has 23 heavy (non-hydrogen) atoms. The number of methoxy groups -OCH3 is 1. The average Bonchev–Trinajstić information content (AvgIpc) is 2.89. The molecular formula is C17H30N2O4. The van der Waals surface area contributed by atoms with Gasteiger partial charge in [-0.25, -0.2) is 0 Å². The van der Waals surface area contributed by atoms with Gasteiger partial charge < -0.3 is 15.2 Å². The quantitative estimate of drug-likeness (QED) is 0.591. The Kier molecular flexibility index (Phi) is 7.22. The van der Waals surface area contributed by atoms with Crippen molar-refractivity contribution in [2.45, 2.75) is 70.7 Å². The average molecular weight is 326 g/mol. The predicted octanol–water partition coefficient (Wildman–Crippen LogP) is 1.70. The fraction of sp³-hybridized carbons (Fsp3) is 0.765. The minimum Gasteiger partial charge on any atom is -0.480 e. The van der Waals surface area contributed by atoms with Gasteiger partial charge in [0.2, 0.25) is 5.91 Å². The Bertz CT molecular complexity index is 452. The summed E-state index contributed by atoms with van der Waals surface area (Å²) >= 11 is 0. The van der Waals surface area contributed by atoms with Crippen LogP contribution in [0.4, 0.5) is 0 Å². The normalized spacial score (nSPS) is 28.5. The van der Waals surface area contributed by atoms with Crippen molar-refractivity contribution in [3.8, 4) is 0 Å². The highest BCUT2D eigenvalue weighted by Gasteiger charge is 2.47. The zero-order valence-corrected chi connectivity index (χ0v) is 14.8. The Morgan fingerprint density at radius 1 is 1.52 bits per heavy atom. The van der Waals surface area contributed by atoms with E-state index in [1.165, 1.54) is 6.92 Å². The van der Waals surface area contributed by atoms with Gasteiger partial charge in [0.1, 0.15) is 6.04 Å². The molecule has 0 radical (unpaired) electrons. The van der Waals surface area contributed by atoms with Crippen molar-refractivity contribution in [1.82, 2.24) is 10.6 Å². The molecule has 1 heterocycles. The van der Waals surface area contributed by atoms with Gasteiger partial charge in [0.05, 0.1) is 11.6 Å². The maximum absolute atomic E-state index is 11.7. The summed E-state index contributed by atoms with van der Waals surface area (Å²) in [7, 11) is 1.64. The van der Waals surface area contributed by atoms with Crippen molar-refractivity contribution in [2.24, 2.45) is 5.92 Å². The first kappa shape index (κ1) is 19.6. The van der Waals surface area contributed by atoms with E-state index in [9.17, 15) is 14.7 Å². The lowest BCUT2D eigenvalue weighted by atomic mass is 9.81. The number of aliphatic carboxylic acids is 1. The monoisotopic (exact) mass is 326 g/mol. The van der Waals surface area contributed by atoms with E-state index in [4.69, 9.17) is 4.74 Å². The van der Waals surface area contributed by atoms with E-state index in [0.717, 1.165) is 12.8 Å². The van der Waals surface area contributed by atoms with Crippen LogP contribution in [-0.2, 0) is 14.3 Å². The van der Waals surface area contributed by atoms with Gasteiger partial charge in [-0.05, 0) is 32.6 Å². The molecular weight excluding hydrogens is 296 g/mol. The van der Waals surface area contributed by atoms with Crippen LogP contribution in [0.25, 0.3) is 0 Å². The molecule has 6 nitrogen and oxygen atoms in total. The largest absolute Gasteiger partial charge is 0.480 e. The van der Waals surface area contributed by atoms with Crippen LogP contribution in [0.5, 0.6) is 0 Å². The van der Waals surface area contributed by atoms with E-state index in [1.807, 2.05) is 26.0 Å². The minimum atomic E-state index is -0.863. The fourth-order valence-electron chi connectivity index (χ4n) is 3.53. The molecule has 0 spiro atoms. The maximum Gasteiger partial charge on any atom is 0.320 e. The molecule has 1 aliphatic rings. The van der Waals surface area contributed by atoms with Crippen LogP contribution >= 0.6 is 0 Å². The van der Waals surface area contributed by atoms with E-state index in [2.05, 4.69) is 17.6 Å². The van der Waals surface area contributed by atoms with E-state index >= 15 is 0 Å². The topological polar surface area (TPSA) is 87.7 Å². The van der Waals surface area contributed by atoms with Gasteiger partial charge in [-0.2, -0.15) is 0 Å². The van der Waals surface area contributed by atoms with Crippen LogP contribution in [0, 0.1) is 5.92 Å². The molecule has 0 unspecified atom stereocenters. The summed E-state index contributed by atoms with van der Waals surface area (Å²) in [6.07, 6.45) is 6.12. The molecule has 1 fully saturated rings. The molecule has 6 heteroatoms. The van der Waals surface area contributed by atoms with Crippen LogP contribution in [0.15, 0.2) is 12.2 Å². The highest BCUT2D eigenvalue weighted by Crippen LogP contribution is 2.32. The van der Waals surface area contributed by atoms with E-state index in [1.54, 1.807) is 7.11 Å². The fourth-order valence-corrected chi connectivity index (χ4v) is 3.53. The second kappa shape index (κ2) is 8.45. The summed E-state index contributed by atoms with van der Waals surface area (Å²) in [6.45, 7) is 7.43. The van der Waals surface area contributed by atoms with Crippen molar-refractivity contribution >= 4 is 11.9 Å². The first-order valence-corrected chi connectivity index (χ1v) is 8.23. The molecule has 132 valence electrons. The number of carbonyl (C=O) groups is 2. The van der Waals surface area contributed by atoms with Gasteiger partial charge in [-0.1, -0.05) is 25.5 Å². The Balaban J connectivity index is 3.16. The Morgan fingerprint density at radius 3 is 2.61 bits per heavy atom. The predicted molar refractivity (Wildman–Crippen MR) is 89.2 cm³/mol. The number of carbonyl (C=O) groups excluding carboxylic acids is 1. The van der Waals surface area contributed by atoms with Gasteiger partial charge in [0, 0.05) is 20.1 Å². The molecule has 1 aliphatic heterocycles. The highest BCUT2D eigenvalue weighted by molar-refractivity contribution is 5.75. The first-order valence-electron chi connectivity index (χ1n) is 8.23. The van der Waals surface area contributed by atoms with Crippen molar-refractivity contribution in [2.75, 3.05) is 7.11 Å². The van der Waals surface area contributed by atoms with Crippen LogP contribution in [0.1, 0.15) is 47.0 Å². The number of nitrogens with one attached hydrogen (secondary N) is 2. The van der Waals surface area contributed by atoms with Crippen LogP contribution in [-0.4, -0.2) is 47.8 Å². The zero-order chi connectivity index (χ0) is 17.6. The van der Waals surface area contributed by atoms with E-state index in [0.29, 0.717) is 6.42 Å². The van der Waals surface area contributed by atoms with E-state index < -0.39 is 17.6 Å². The third-order valence-electron chi connectivity index (χ3n) is 4.69. The number of carboxylic acids is 1. The van der Waals surface area contributed by atoms with Gasteiger partial charge in [-0.3, -0.25) is 14.9 Å². The second-order valence-electron chi connectivity index (χ2n) is 6.45. The highest BCUT2D eigenvalue weighted by atomic mass is 16.5. The van der Waals surface area contributed by atoms with Crippen molar-refractivity contribution in [3.63, 3.8) is 0 Å². The van der Waals surface area contributed by atoms with Crippen molar-refractivity contribution < 1.29 is 19.4 Å². The zero-order valence-electron chi connectivity index (χ0n) is 14.8. The molecule has 3 N–H and O–H groups in total. The third-order valence-corrected chi connectivity index (χ3v) is 4.69. The molecule has 0 aliphatic carbocycles. The molecule has 1 rings (SSSR count). The molecule has 0 aromatic heterocycles. The standard InChI is InChI=1S/C17H30N2O4/c1-6-8-12-10-13(16(21)22)19-14(12)15(18-11(3)20)17(4,23-5)9-7-2/h6,8,12-15,19H,7,9-10H2,1-5H3,(H,18,20)(H,21,22)/b8-6-/t12-,13-,14-,15+,17-/m0/s1. The lowest BCUT2D eigenvalue weighted by Gasteiger charge is -2.41. The Labute approximate surface area is 138 Å². The molecule has 0 aromatic carbocycles. The second-order valence-corrected chi connectivity index (χ2v) is 6.45. The van der Waals surface area contributed by atoms with Crippen LogP contribution < -0.4 is 10.6 Å². The number of rotatable bonds is 8. The molecule has 1 saturated heterocycles. The molecule has 0 saturated carbocycles. The van der Waals surface area contributed by atoms with Gasteiger partial charge in [0.25, 0.3) is 0 Å². The summed E-state index contributed by atoms with van der Waals surface area (Å²) < 4.78 is 5.75. The summed E-state index contributed by atoms with van der Waals surface area (Å²) in [4.78, 5) is 23.1. The number of hydrogen-bond donors (Lipinski definition) is 3. The summed E-state index contributed by atoms with van der Waals surface area (Å²) in [6, 6.07) is -1.11. The number of amides is 1. The van der Waals surface area contributed by atoms with Gasteiger partial charge in [-0.15, -0.1) is 0 Å². The minimum absolute atomic E-state index is 0.0317. The molecule has 0 aromatic rings. The number of ether oxygens (including phenoxy) is 1. The van der Waals surface area contributed by atoms with Crippen LogP contribution in [0.3, 0.4) is 0 Å². The number of carboxylic acid groups (broad SMARTS) is 1. The molecule has 0 bridgehead atoms. The lowest BCUT2D eigenvalue weighted by molar-refractivity contribution is -0.139. The lowest BCUT2D eigenvalue weighted by Crippen LogP contribution is -2.62. The van der Waals surface area contributed by atoms with Gasteiger partial charge in [0.15, 0.2) is 0 Å². The van der Waals surface area contributed by atoms with Crippen molar-refractivity contribution in [1.29, 1.82) is 0 Å². The maximum atomic E-state index is 11.7. The first-order chi connectivity index (χ1) is 10.8. The number of hydrogen-bond acceptors (Lipinski definition) is 4. The van der Waals surface area contributed by atoms with E-state index in [-0.39, 0.29) is 23.9 Å². The van der Waals surface area contributed by atoms with Crippen molar-refractivity contribution in [3.05, 3.63) is 12.2 Å². The molecule has 1 amide bonds. The van der Waals surface area contributed by atoms with Crippen LogP contribution in [0.2, 0.25) is 0 Å². The summed E-state index contributed by atoms with van der Waals surface area (Å²) in [5, 5.41) is 15.5. The number of allylic oxidation sites excluding steroid dienone is 1. The SMILES string of the molecule is C/C=C\[C@H]1C[C@@H](C(=O)O)N[C@@H]1[C@@H](NC(C)=O)[C@](C)(CCC)OC. The summed E-state index contributed by atoms with van der Waals surface area (Å²) in [5.41, 5.74) is -0.564. The molecule has 5 atom stereocenters. The van der Waals surface area contributed by atoms with Gasteiger partial charge >= 0.3 is 5.97 Å². The smallest absolute Gasteiger partial charge is 0.320 e.